The van der Waals surface area contributed by atoms with E-state index < -0.39 is 10.8 Å². The van der Waals surface area contributed by atoms with E-state index in [2.05, 4.69) is 11.8 Å². The summed E-state index contributed by atoms with van der Waals surface area (Å²) in [5, 5.41) is 0. The van der Waals surface area contributed by atoms with Gasteiger partial charge in [0.05, 0.1) is 0 Å². The van der Waals surface area contributed by atoms with Crippen molar-refractivity contribution >= 4 is 10.8 Å². The predicted octanol–water partition coefficient (Wildman–Crippen LogP) is 0.638. The van der Waals surface area contributed by atoms with Gasteiger partial charge in [-0.25, -0.2) is 0 Å². The molecule has 0 saturated carbocycles. The van der Waals surface area contributed by atoms with Gasteiger partial charge < -0.3 is 0 Å². The Morgan fingerprint density at radius 3 is 2.45 bits per heavy atom. The maximum absolute atomic E-state index is 11.0. The summed E-state index contributed by atoms with van der Waals surface area (Å²) < 4.78 is 11.0. The molecule has 3 unspecified atom stereocenters. The van der Waals surface area contributed by atoms with Gasteiger partial charge in [-0.2, -0.15) is 0 Å². The number of terminal acetylenes is 2. The highest BCUT2D eigenvalue weighted by molar-refractivity contribution is 7.85. The molecular formula is C9H10OS. The lowest BCUT2D eigenvalue weighted by molar-refractivity contribution is 0.511. The molecule has 0 aliphatic carbocycles. The quantitative estimate of drug-likeness (QED) is 0.483. The van der Waals surface area contributed by atoms with Crippen molar-refractivity contribution in [3.8, 4) is 24.7 Å². The van der Waals surface area contributed by atoms with Crippen LogP contribution in [0.2, 0.25) is 0 Å². The standard InChI is InChI=1S/C9H10OS/c1-3-8-5-6-11(10)7-9(8)4-2/h1-2,8-9H,5-7H2. The Balaban J connectivity index is 2.66. The van der Waals surface area contributed by atoms with Crippen LogP contribution in [-0.2, 0) is 10.8 Å². The summed E-state index contributed by atoms with van der Waals surface area (Å²) >= 11 is 0. The average molecular weight is 166 g/mol. The van der Waals surface area contributed by atoms with E-state index in [1.165, 1.54) is 0 Å². The number of hydrogen-bond acceptors (Lipinski definition) is 1. The van der Waals surface area contributed by atoms with Gasteiger partial charge in [0.15, 0.2) is 0 Å². The zero-order valence-corrected chi connectivity index (χ0v) is 7.06. The second-order valence-electron chi connectivity index (χ2n) is 2.65. The molecule has 11 heavy (non-hydrogen) atoms. The molecule has 0 amide bonds. The maximum atomic E-state index is 11.0. The summed E-state index contributed by atoms with van der Waals surface area (Å²) in [5.74, 6) is 6.74. The average Bonchev–Trinajstić information content (AvgIpc) is 2.04. The molecule has 1 saturated heterocycles. The van der Waals surface area contributed by atoms with Gasteiger partial charge in [0, 0.05) is 34.1 Å². The minimum absolute atomic E-state index is 0.0367. The van der Waals surface area contributed by atoms with E-state index in [1.807, 2.05) is 0 Å². The van der Waals surface area contributed by atoms with Crippen LogP contribution in [0.25, 0.3) is 0 Å². The van der Waals surface area contributed by atoms with Gasteiger partial charge in [0.25, 0.3) is 0 Å². The molecule has 1 heterocycles. The van der Waals surface area contributed by atoms with Crippen LogP contribution in [0.3, 0.4) is 0 Å². The monoisotopic (exact) mass is 166 g/mol. The van der Waals surface area contributed by atoms with Gasteiger partial charge >= 0.3 is 0 Å². The molecule has 2 heteroatoms. The largest absolute Gasteiger partial charge is 0.260 e. The smallest absolute Gasteiger partial charge is 0.0453 e. The van der Waals surface area contributed by atoms with Crippen molar-refractivity contribution in [2.75, 3.05) is 11.5 Å². The molecule has 0 aromatic carbocycles. The van der Waals surface area contributed by atoms with Crippen molar-refractivity contribution in [1.29, 1.82) is 0 Å². The summed E-state index contributed by atoms with van der Waals surface area (Å²) in [6.07, 6.45) is 11.3. The molecule has 1 nitrogen and oxygen atoms in total. The van der Waals surface area contributed by atoms with Crippen LogP contribution in [-0.4, -0.2) is 15.7 Å². The van der Waals surface area contributed by atoms with Crippen molar-refractivity contribution < 1.29 is 4.21 Å². The Morgan fingerprint density at radius 2 is 1.91 bits per heavy atom. The Morgan fingerprint density at radius 1 is 1.27 bits per heavy atom. The van der Waals surface area contributed by atoms with E-state index in [4.69, 9.17) is 12.8 Å². The molecule has 0 radical (unpaired) electrons. The van der Waals surface area contributed by atoms with Crippen molar-refractivity contribution in [3.05, 3.63) is 0 Å². The highest BCUT2D eigenvalue weighted by atomic mass is 32.2. The molecule has 0 bridgehead atoms. The fraction of sp³-hybridized carbons (Fsp3) is 0.556. The second kappa shape index (κ2) is 3.60. The van der Waals surface area contributed by atoms with Gasteiger partial charge in [0.2, 0.25) is 0 Å². The molecule has 0 aromatic heterocycles. The normalized spacial score (nSPS) is 37.1. The van der Waals surface area contributed by atoms with E-state index in [0.717, 1.165) is 6.42 Å². The van der Waals surface area contributed by atoms with Crippen LogP contribution >= 0.6 is 0 Å². The first kappa shape index (κ1) is 8.37. The third kappa shape index (κ3) is 1.85. The van der Waals surface area contributed by atoms with Gasteiger partial charge in [-0.1, -0.05) is 0 Å². The Kier molecular flexibility index (Phi) is 2.74. The van der Waals surface area contributed by atoms with E-state index in [9.17, 15) is 4.21 Å². The topological polar surface area (TPSA) is 17.1 Å². The van der Waals surface area contributed by atoms with Crippen molar-refractivity contribution in [1.82, 2.24) is 0 Å². The highest BCUT2D eigenvalue weighted by Crippen LogP contribution is 2.21. The second-order valence-corrected chi connectivity index (χ2v) is 4.27. The Bertz CT molecular complexity index is 243. The molecule has 3 atom stereocenters. The molecule has 0 aromatic rings. The zero-order valence-electron chi connectivity index (χ0n) is 6.25. The Hall–Kier alpha value is -0.730. The molecular weight excluding hydrogens is 156 g/mol. The van der Waals surface area contributed by atoms with Crippen LogP contribution in [0.1, 0.15) is 6.42 Å². The number of hydrogen-bond donors (Lipinski definition) is 0. The lowest BCUT2D eigenvalue weighted by Gasteiger charge is -2.22. The summed E-state index contributed by atoms with van der Waals surface area (Å²) in [7, 11) is -0.731. The molecule has 1 aliphatic rings. The molecule has 1 fully saturated rings. The van der Waals surface area contributed by atoms with Crippen molar-refractivity contribution in [3.63, 3.8) is 0 Å². The third-order valence-electron chi connectivity index (χ3n) is 1.94. The lowest BCUT2D eigenvalue weighted by atomic mass is 9.93. The van der Waals surface area contributed by atoms with Crippen molar-refractivity contribution in [2.24, 2.45) is 11.8 Å². The van der Waals surface area contributed by atoms with E-state index in [0.29, 0.717) is 11.5 Å². The summed E-state index contributed by atoms with van der Waals surface area (Å²) in [6.45, 7) is 0. The van der Waals surface area contributed by atoms with Crippen molar-refractivity contribution in [2.45, 2.75) is 6.42 Å². The fourth-order valence-corrected chi connectivity index (χ4v) is 2.64. The van der Waals surface area contributed by atoms with Crippen LogP contribution in [0.5, 0.6) is 0 Å². The van der Waals surface area contributed by atoms with E-state index in [-0.39, 0.29) is 11.8 Å². The van der Waals surface area contributed by atoms with Crippen LogP contribution < -0.4 is 0 Å². The van der Waals surface area contributed by atoms with Gasteiger partial charge in [-0.15, -0.1) is 24.7 Å². The molecule has 0 N–H and O–H groups in total. The fourth-order valence-electron chi connectivity index (χ4n) is 1.22. The highest BCUT2D eigenvalue weighted by Gasteiger charge is 2.25. The first-order chi connectivity index (χ1) is 5.27. The molecule has 1 rings (SSSR count). The minimum Gasteiger partial charge on any atom is -0.260 e. The minimum atomic E-state index is -0.731. The first-order valence-electron chi connectivity index (χ1n) is 3.55. The molecule has 0 spiro atoms. The van der Waals surface area contributed by atoms with Crippen LogP contribution in [0.4, 0.5) is 0 Å². The maximum Gasteiger partial charge on any atom is 0.0453 e. The number of rotatable bonds is 0. The van der Waals surface area contributed by atoms with Crippen LogP contribution in [0.15, 0.2) is 0 Å². The third-order valence-corrected chi connectivity index (χ3v) is 3.36. The molecule has 1 aliphatic heterocycles. The molecule has 58 valence electrons. The van der Waals surface area contributed by atoms with E-state index in [1.54, 1.807) is 0 Å². The summed E-state index contributed by atoms with van der Waals surface area (Å²) in [4.78, 5) is 0. The SMILES string of the molecule is C#CC1CCS(=O)CC1C#C. The first-order valence-corrected chi connectivity index (χ1v) is 5.04. The van der Waals surface area contributed by atoms with E-state index >= 15 is 0 Å². The summed E-state index contributed by atoms with van der Waals surface area (Å²) in [5.41, 5.74) is 0. The lowest BCUT2D eigenvalue weighted by Crippen LogP contribution is -2.27. The van der Waals surface area contributed by atoms with Gasteiger partial charge in [-0.3, -0.25) is 4.21 Å². The zero-order chi connectivity index (χ0) is 8.27. The van der Waals surface area contributed by atoms with Gasteiger partial charge in [0.1, 0.15) is 0 Å². The van der Waals surface area contributed by atoms with Crippen LogP contribution in [0, 0.1) is 36.5 Å². The van der Waals surface area contributed by atoms with Gasteiger partial charge in [-0.05, 0) is 6.42 Å². The Labute approximate surface area is 70.0 Å². The predicted molar refractivity (Wildman–Crippen MR) is 47.1 cm³/mol. The summed E-state index contributed by atoms with van der Waals surface area (Å²) in [6, 6.07) is 0.